The molecule has 0 amide bonds. The average molecular weight is 230 g/mol. The Morgan fingerprint density at radius 3 is 2.71 bits per heavy atom. The minimum absolute atomic E-state index is 0.689. The highest BCUT2D eigenvalue weighted by Crippen LogP contribution is 2.17. The fourth-order valence-electron chi connectivity index (χ4n) is 1.85. The Morgan fingerprint density at radius 2 is 2.18 bits per heavy atom. The van der Waals surface area contributed by atoms with Crippen molar-refractivity contribution in [1.29, 1.82) is 0 Å². The molecule has 0 aliphatic rings. The maximum absolute atomic E-state index is 11.1. The second kappa shape index (κ2) is 4.86. The normalized spacial score (nSPS) is 10.5. The van der Waals surface area contributed by atoms with Gasteiger partial charge in [-0.25, -0.2) is 14.6 Å². The van der Waals surface area contributed by atoms with E-state index in [1.54, 1.807) is 16.9 Å². The maximum atomic E-state index is 11.1. The van der Waals surface area contributed by atoms with Crippen LogP contribution in [0.3, 0.4) is 0 Å². The summed E-state index contributed by atoms with van der Waals surface area (Å²) in [7, 11) is 0. The smallest absolute Gasteiger partial charge is 0.156 e. The third-order valence-corrected chi connectivity index (χ3v) is 2.67. The molecule has 5 heteroatoms. The van der Waals surface area contributed by atoms with Gasteiger partial charge in [-0.2, -0.15) is 5.10 Å². The molecule has 0 atom stereocenters. The van der Waals surface area contributed by atoms with Crippen LogP contribution in [0.2, 0.25) is 0 Å². The number of aldehydes is 1. The molecule has 0 unspecified atom stereocenters. The summed E-state index contributed by atoms with van der Waals surface area (Å²) >= 11 is 0. The minimum Gasteiger partial charge on any atom is -0.298 e. The molecule has 0 N–H and O–H groups in total. The maximum Gasteiger partial charge on any atom is 0.156 e. The van der Waals surface area contributed by atoms with Crippen LogP contribution in [-0.4, -0.2) is 26.0 Å². The number of hydrogen-bond donors (Lipinski definition) is 0. The van der Waals surface area contributed by atoms with Crippen LogP contribution >= 0.6 is 0 Å². The quantitative estimate of drug-likeness (QED) is 0.748. The lowest BCUT2D eigenvalue weighted by atomic mass is 10.1. The molecule has 0 fully saturated rings. The Morgan fingerprint density at radius 1 is 1.35 bits per heavy atom. The largest absolute Gasteiger partial charge is 0.298 e. The van der Waals surface area contributed by atoms with E-state index < -0.39 is 0 Å². The van der Waals surface area contributed by atoms with E-state index in [0.29, 0.717) is 11.4 Å². The molecule has 0 spiro atoms. The van der Waals surface area contributed by atoms with Gasteiger partial charge in [0.25, 0.3) is 0 Å². The van der Waals surface area contributed by atoms with Gasteiger partial charge in [-0.1, -0.05) is 13.8 Å². The molecular formula is C12H14N4O. The predicted octanol–water partition coefficient (Wildman–Crippen LogP) is 1.60. The highest BCUT2D eigenvalue weighted by atomic mass is 16.1. The van der Waals surface area contributed by atoms with Crippen LogP contribution in [0.5, 0.6) is 0 Å². The molecule has 0 aliphatic carbocycles. The average Bonchev–Trinajstić information content (AvgIpc) is 2.77. The van der Waals surface area contributed by atoms with Gasteiger partial charge in [-0.3, -0.25) is 4.79 Å². The summed E-state index contributed by atoms with van der Waals surface area (Å²) in [6, 6.07) is 1.78. The van der Waals surface area contributed by atoms with Gasteiger partial charge in [-0.15, -0.1) is 0 Å². The molecule has 0 saturated heterocycles. The van der Waals surface area contributed by atoms with E-state index in [0.717, 1.165) is 30.5 Å². The summed E-state index contributed by atoms with van der Waals surface area (Å²) in [6.45, 7) is 3.99. The topological polar surface area (TPSA) is 60.7 Å². The first kappa shape index (κ1) is 11.4. The second-order valence-electron chi connectivity index (χ2n) is 3.61. The van der Waals surface area contributed by atoms with Crippen LogP contribution in [0.15, 0.2) is 18.6 Å². The molecule has 2 aromatic heterocycles. The van der Waals surface area contributed by atoms with Gasteiger partial charge in [0, 0.05) is 12.3 Å². The molecule has 88 valence electrons. The zero-order chi connectivity index (χ0) is 12.3. The molecule has 2 aromatic rings. The Hall–Kier alpha value is -2.04. The van der Waals surface area contributed by atoms with Crippen molar-refractivity contribution in [2.75, 3.05) is 0 Å². The molecule has 2 rings (SSSR count). The highest BCUT2D eigenvalue weighted by Gasteiger charge is 2.16. The Kier molecular flexibility index (Phi) is 3.27. The number of nitrogens with zero attached hydrogens (tertiary/aromatic N) is 4. The molecule has 2 heterocycles. The van der Waals surface area contributed by atoms with E-state index in [4.69, 9.17) is 0 Å². The molecule has 0 radical (unpaired) electrons. The van der Waals surface area contributed by atoms with Gasteiger partial charge in [0.2, 0.25) is 0 Å². The van der Waals surface area contributed by atoms with Gasteiger partial charge >= 0.3 is 0 Å². The van der Waals surface area contributed by atoms with E-state index in [9.17, 15) is 4.79 Å². The van der Waals surface area contributed by atoms with Gasteiger partial charge in [0.05, 0.1) is 17.0 Å². The van der Waals surface area contributed by atoms with Gasteiger partial charge in [0.1, 0.15) is 6.33 Å². The van der Waals surface area contributed by atoms with Crippen LogP contribution in [0.1, 0.15) is 35.6 Å². The lowest BCUT2D eigenvalue weighted by molar-refractivity contribution is 0.112. The fraction of sp³-hybridized carbons (Fsp3) is 0.333. The number of carbonyl (C=O) groups is 1. The minimum atomic E-state index is 0.689. The number of aromatic nitrogens is 4. The Labute approximate surface area is 99.5 Å². The van der Waals surface area contributed by atoms with Crippen molar-refractivity contribution in [1.82, 2.24) is 19.7 Å². The molecule has 0 bridgehead atoms. The van der Waals surface area contributed by atoms with E-state index in [1.165, 1.54) is 6.33 Å². The first-order valence-electron chi connectivity index (χ1n) is 5.64. The van der Waals surface area contributed by atoms with Crippen LogP contribution < -0.4 is 0 Å². The number of aryl methyl sites for hydroxylation is 1. The summed E-state index contributed by atoms with van der Waals surface area (Å²) < 4.78 is 1.73. The van der Waals surface area contributed by atoms with Crippen molar-refractivity contribution < 1.29 is 4.79 Å². The van der Waals surface area contributed by atoms with Crippen LogP contribution in [0.25, 0.3) is 5.82 Å². The summed E-state index contributed by atoms with van der Waals surface area (Å²) in [6.07, 6.45) is 5.49. The molecule has 5 nitrogen and oxygen atoms in total. The third-order valence-electron chi connectivity index (χ3n) is 2.67. The number of rotatable bonds is 4. The monoisotopic (exact) mass is 230 g/mol. The SMILES string of the molecule is CCc1nn(-c2ccncn2)c(CC)c1C=O. The summed E-state index contributed by atoms with van der Waals surface area (Å²) in [4.78, 5) is 19.2. The molecule has 0 aromatic carbocycles. The second-order valence-corrected chi connectivity index (χ2v) is 3.61. The number of hydrogen-bond acceptors (Lipinski definition) is 4. The molecule has 0 aliphatic heterocycles. The number of carbonyl (C=O) groups excluding carboxylic acids is 1. The van der Waals surface area contributed by atoms with Crippen molar-refractivity contribution in [2.24, 2.45) is 0 Å². The standard InChI is InChI=1S/C12H14N4O/c1-3-10-9(7-17)11(4-2)16(15-10)12-5-6-13-8-14-12/h5-8H,3-4H2,1-2H3. The van der Waals surface area contributed by atoms with Crippen molar-refractivity contribution in [3.05, 3.63) is 35.5 Å². The lowest BCUT2D eigenvalue weighted by Crippen LogP contribution is -2.04. The first-order valence-corrected chi connectivity index (χ1v) is 5.64. The summed E-state index contributed by atoms with van der Waals surface area (Å²) in [5.74, 6) is 0.694. The zero-order valence-electron chi connectivity index (χ0n) is 9.92. The van der Waals surface area contributed by atoms with Gasteiger partial charge in [-0.05, 0) is 12.8 Å². The third kappa shape index (κ3) is 1.95. The summed E-state index contributed by atoms with van der Waals surface area (Å²) in [5.41, 5.74) is 2.40. The van der Waals surface area contributed by atoms with E-state index in [-0.39, 0.29) is 0 Å². The first-order chi connectivity index (χ1) is 8.31. The van der Waals surface area contributed by atoms with E-state index >= 15 is 0 Å². The van der Waals surface area contributed by atoms with Crippen molar-refractivity contribution in [3.8, 4) is 5.82 Å². The van der Waals surface area contributed by atoms with Gasteiger partial charge in [0.15, 0.2) is 12.1 Å². The Balaban J connectivity index is 2.62. The highest BCUT2D eigenvalue weighted by molar-refractivity contribution is 5.78. The van der Waals surface area contributed by atoms with Crippen molar-refractivity contribution in [2.45, 2.75) is 26.7 Å². The summed E-state index contributed by atoms with van der Waals surface area (Å²) in [5, 5.41) is 4.44. The molecule has 0 saturated carbocycles. The molecule has 17 heavy (non-hydrogen) atoms. The van der Waals surface area contributed by atoms with E-state index in [1.807, 2.05) is 13.8 Å². The van der Waals surface area contributed by atoms with Crippen LogP contribution in [-0.2, 0) is 12.8 Å². The lowest BCUT2D eigenvalue weighted by Gasteiger charge is -2.03. The Bertz CT molecular complexity index is 519. The van der Waals surface area contributed by atoms with Crippen LogP contribution in [0.4, 0.5) is 0 Å². The van der Waals surface area contributed by atoms with Crippen molar-refractivity contribution >= 4 is 6.29 Å². The van der Waals surface area contributed by atoms with Crippen LogP contribution in [0, 0.1) is 0 Å². The van der Waals surface area contributed by atoms with Gasteiger partial charge < -0.3 is 0 Å². The molecular weight excluding hydrogens is 216 g/mol. The van der Waals surface area contributed by atoms with Crippen molar-refractivity contribution in [3.63, 3.8) is 0 Å². The zero-order valence-corrected chi connectivity index (χ0v) is 9.92. The predicted molar refractivity (Wildman–Crippen MR) is 63.3 cm³/mol. The van der Waals surface area contributed by atoms with E-state index in [2.05, 4.69) is 15.1 Å². The fourth-order valence-corrected chi connectivity index (χ4v) is 1.85.